The first kappa shape index (κ1) is 11.3. The highest BCUT2D eigenvalue weighted by molar-refractivity contribution is 5.72. The van der Waals surface area contributed by atoms with E-state index in [2.05, 4.69) is 41.1 Å². The van der Waals surface area contributed by atoms with Crippen LogP contribution in [0.25, 0.3) is 0 Å². The van der Waals surface area contributed by atoms with Gasteiger partial charge in [-0.15, -0.1) is 0 Å². The number of unbranched alkanes of at least 4 members (excludes halogenated alkanes) is 1. The van der Waals surface area contributed by atoms with Gasteiger partial charge in [0.05, 0.1) is 11.4 Å². The minimum absolute atomic E-state index is 0.301. The van der Waals surface area contributed by atoms with Gasteiger partial charge in [-0.1, -0.05) is 12.1 Å². The van der Waals surface area contributed by atoms with E-state index >= 15 is 0 Å². The molecule has 1 heterocycles. The molecule has 88 valence electrons. The van der Waals surface area contributed by atoms with Gasteiger partial charge in [-0.2, -0.15) is 0 Å². The molecule has 0 bridgehead atoms. The van der Waals surface area contributed by atoms with Crippen molar-refractivity contribution in [2.24, 2.45) is 0 Å². The molecule has 1 N–H and O–H groups in total. The normalized spacial score (nSPS) is 15.1. The Kier molecular flexibility index (Phi) is 3.67. The number of hydrogen-bond donors (Lipinski definition) is 1. The fourth-order valence-corrected chi connectivity index (χ4v) is 2.21. The molecule has 0 aliphatic carbocycles. The summed E-state index contributed by atoms with van der Waals surface area (Å²) in [5.74, 6) is 0. The van der Waals surface area contributed by atoms with Crippen LogP contribution >= 0.6 is 0 Å². The van der Waals surface area contributed by atoms with Crippen LogP contribution in [0.3, 0.4) is 0 Å². The van der Waals surface area contributed by atoms with Gasteiger partial charge in [0.15, 0.2) is 0 Å². The van der Waals surface area contributed by atoms with Crippen LogP contribution in [0.4, 0.5) is 11.4 Å². The second-order valence-electron chi connectivity index (χ2n) is 4.33. The van der Waals surface area contributed by atoms with E-state index < -0.39 is 0 Å². The van der Waals surface area contributed by atoms with E-state index in [-0.39, 0.29) is 0 Å². The lowest BCUT2D eigenvalue weighted by Gasteiger charge is -2.37. The Balaban J connectivity index is 2.09. The third kappa shape index (κ3) is 2.30. The van der Waals surface area contributed by atoms with Gasteiger partial charge in [0, 0.05) is 33.3 Å². The molecule has 1 aromatic carbocycles. The second kappa shape index (κ2) is 5.21. The van der Waals surface area contributed by atoms with Crippen molar-refractivity contribution in [2.45, 2.75) is 12.8 Å². The number of anilines is 2. The van der Waals surface area contributed by atoms with Crippen LogP contribution in [0.5, 0.6) is 0 Å². The van der Waals surface area contributed by atoms with E-state index in [9.17, 15) is 0 Å². The summed E-state index contributed by atoms with van der Waals surface area (Å²) in [4.78, 5) is 4.73. The highest BCUT2D eigenvalue weighted by Crippen LogP contribution is 2.31. The first-order valence-corrected chi connectivity index (χ1v) is 5.99. The van der Waals surface area contributed by atoms with Crippen molar-refractivity contribution in [1.29, 1.82) is 0 Å². The van der Waals surface area contributed by atoms with Gasteiger partial charge < -0.3 is 14.9 Å². The molecule has 0 amide bonds. The summed E-state index contributed by atoms with van der Waals surface area (Å²) in [5, 5.41) is 8.81. The van der Waals surface area contributed by atoms with Gasteiger partial charge >= 0.3 is 0 Å². The fraction of sp³-hybridized carbons (Fsp3) is 0.538. The molecule has 0 saturated carbocycles. The Morgan fingerprint density at radius 1 is 1.12 bits per heavy atom. The van der Waals surface area contributed by atoms with E-state index in [4.69, 9.17) is 5.11 Å². The summed E-state index contributed by atoms with van der Waals surface area (Å²) >= 11 is 0. The van der Waals surface area contributed by atoms with E-state index in [0.717, 1.165) is 32.5 Å². The summed E-state index contributed by atoms with van der Waals surface area (Å²) in [7, 11) is 2.14. The van der Waals surface area contributed by atoms with Crippen LogP contribution in [0.1, 0.15) is 12.8 Å². The fourth-order valence-electron chi connectivity index (χ4n) is 2.21. The molecule has 2 rings (SSSR count). The van der Waals surface area contributed by atoms with E-state index in [0.29, 0.717) is 6.61 Å². The number of aliphatic hydroxyl groups is 1. The van der Waals surface area contributed by atoms with Gasteiger partial charge in [0.1, 0.15) is 0 Å². The molecule has 1 aliphatic rings. The quantitative estimate of drug-likeness (QED) is 0.783. The zero-order chi connectivity index (χ0) is 11.4. The average molecular weight is 220 g/mol. The Labute approximate surface area is 97.3 Å². The van der Waals surface area contributed by atoms with E-state index in [1.807, 2.05) is 0 Å². The summed E-state index contributed by atoms with van der Waals surface area (Å²) < 4.78 is 0. The maximum atomic E-state index is 8.81. The Bertz CT molecular complexity index is 340. The van der Waals surface area contributed by atoms with Crippen LogP contribution < -0.4 is 9.80 Å². The van der Waals surface area contributed by atoms with Crippen molar-refractivity contribution >= 4 is 11.4 Å². The van der Waals surface area contributed by atoms with Crippen molar-refractivity contribution in [3.63, 3.8) is 0 Å². The molecule has 0 aromatic heterocycles. The topological polar surface area (TPSA) is 26.7 Å². The molecule has 1 aromatic rings. The lowest BCUT2D eigenvalue weighted by Crippen LogP contribution is -2.39. The molecule has 3 nitrogen and oxygen atoms in total. The van der Waals surface area contributed by atoms with E-state index in [1.165, 1.54) is 11.4 Å². The van der Waals surface area contributed by atoms with Crippen LogP contribution in [0.2, 0.25) is 0 Å². The van der Waals surface area contributed by atoms with Crippen molar-refractivity contribution in [2.75, 3.05) is 43.1 Å². The average Bonchev–Trinajstić information content (AvgIpc) is 2.33. The van der Waals surface area contributed by atoms with Gasteiger partial charge in [-0.25, -0.2) is 0 Å². The molecule has 0 atom stereocenters. The predicted molar refractivity (Wildman–Crippen MR) is 68.2 cm³/mol. The number of likely N-dealkylation sites (N-methyl/N-ethyl adjacent to an activating group) is 1. The summed E-state index contributed by atoms with van der Waals surface area (Å²) in [6.07, 6.45) is 1.96. The summed E-state index contributed by atoms with van der Waals surface area (Å²) in [5.41, 5.74) is 2.65. The monoisotopic (exact) mass is 220 g/mol. The smallest absolute Gasteiger partial charge is 0.0604 e. The molecule has 0 unspecified atom stereocenters. The third-order valence-electron chi connectivity index (χ3n) is 3.18. The zero-order valence-electron chi connectivity index (χ0n) is 9.89. The summed E-state index contributed by atoms with van der Waals surface area (Å²) in [6.45, 7) is 3.51. The standard InChI is InChI=1S/C13H20N2O/c1-14-9-10-15(8-4-5-11-16)13-7-3-2-6-12(13)14/h2-3,6-7,16H,4-5,8-11H2,1H3. The number of hydrogen-bond acceptors (Lipinski definition) is 3. The Hall–Kier alpha value is -1.22. The van der Waals surface area contributed by atoms with Crippen LogP contribution in [0, 0.1) is 0 Å². The van der Waals surface area contributed by atoms with Crippen molar-refractivity contribution in [1.82, 2.24) is 0 Å². The first-order valence-electron chi connectivity index (χ1n) is 5.99. The van der Waals surface area contributed by atoms with Crippen LogP contribution in [-0.2, 0) is 0 Å². The van der Waals surface area contributed by atoms with Crippen molar-refractivity contribution in [3.8, 4) is 0 Å². The number of benzene rings is 1. The van der Waals surface area contributed by atoms with Crippen LogP contribution in [0.15, 0.2) is 24.3 Å². The highest BCUT2D eigenvalue weighted by Gasteiger charge is 2.18. The molecule has 0 radical (unpaired) electrons. The molecule has 3 heteroatoms. The third-order valence-corrected chi connectivity index (χ3v) is 3.18. The minimum atomic E-state index is 0.301. The zero-order valence-corrected chi connectivity index (χ0v) is 9.89. The summed E-state index contributed by atoms with van der Waals surface area (Å²) in [6, 6.07) is 8.54. The molecule has 0 saturated heterocycles. The number of nitrogens with zero attached hydrogens (tertiary/aromatic N) is 2. The van der Waals surface area contributed by atoms with Gasteiger partial charge in [0.2, 0.25) is 0 Å². The second-order valence-corrected chi connectivity index (χ2v) is 4.33. The molecule has 1 aliphatic heterocycles. The van der Waals surface area contributed by atoms with E-state index in [1.54, 1.807) is 0 Å². The van der Waals surface area contributed by atoms with Crippen molar-refractivity contribution < 1.29 is 5.11 Å². The Morgan fingerprint density at radius 2 is 1.88 bits per heavy atom. The molecule has 0 fully saturated rings. The maximum Gasteiger partial charge on any atom is 0.0604 e. The number of aliphatic hydroxyl groups excluding tert-OH is 1. The molecular formula is C13H20N2O. The number of para-hydroxylation sites is 2. The number of rotatable bonds is 4. The van der Waals surface area contributed by atoms with Gasteiger partial charge in [-0.05, 0) is 25.0 Å². The molecule has 16 heavy (non-hydrogen) atoms. The largest absolute Gasteiger partial charge is 0.396 e. The van der Waals surface area contributed by atoms with Crippen molar-refractivity contribution in [3.05, 3.63) is 24.3 Å². The molecular weight excluding hydrogens is 200 g/mol. The lowest BCUT2D eigenvalue weighted by molar-refractivity contribution is 0.285. The van der Waals surface area contributed by atoms with Gasteiger partial charge in [-0.3, -0.25) is 0 Å². The van der Waals surface area contributed by atoms with Crippen LogP contribution in [-0.4, -0.2) is 38.4 Å². The highest BCUT2D eigenvalue weighted by atomic mass is 16.2. The first-order chi connectivity index (χ1) is 7.83. The Morgan fingerprint density at radius 3 is 2.62 bits per heavy atom. The minimum Gasteiger partial charge on any atom is -0.396 e. The number of fused-ring (bicyclic) bond motifs is 1. The van der Waals surface area contributed by atoms with Gasteiger partial charge in [0.25, 0.3) is 0 Å². The maximum absolute atomic E-state index is 8.81. The SMILES string of the molecule is CN1CCN(CCCCO)c2ccccc21. The molecule has 0 spiro atoms. The predicted octanol–water partition coefficient (Wildman–Crippen LogP) is 1.72. The lowest BCUT2D eigenvalue weighted by atomic mass is 10.1.